The van der Waals surface area contributed by atoms with Crippen molar-refractivity contribution in [1.82, 2.24) is 0 Å². The van der Waals surface area contributed by atoms with E-state index < -0.39 is 25.1 Å². The van der Waals surface area contributed by atoms with Gasteiger partial charge in [-0.15, -0.1) is 0 Å². The molecule has 2 rings (SSSR count). The molecule has 2 aromatic rings. The van der Waals surface area contributed by atoms with Crippen molar-refractivity contribution < 1.29 is 17.1 Å². The van der Waals surface area contributed by atoms with Gasteiger partial charge in [-0.2, -0.15) is 8.42 Å². The molecule has 4 nitrogen and oxygen atoms in total. The third-order valence-corrected chi connectivity index (χ3v) is 7.19. The minimum atomic E-state index is -4.11. The maximum Gasteiger partial charge on any atom is 0.271 e. The van der Waals surface area contributed by atoms with Crippen molar-refractivity contribution in [2.75, 3.05) is 0 Å². The number of hydrogen-bond donors (Lipinski definition) is 1. The lowest BCUT2D eigenvalue weighted by molar-refractivity contribution is 0.471. The Kier molecular flexibility index (Phi) is 4.53. The van der Waals surface area contributed by atoms with E-state index in [1.54, 1.807) is 6.07 Å². The third-order valence-electron chi connectivity index (χ3n) is 3.11. The smallest absolute Gasteiger partial charge is 0.271 e. The molecule has 0 radical (unpaired) electrons. The molecule has 0 aliphatic heterocycles. The molecule has 7 heteroatoms. The topological polar surface area (TPSA) is 63.6 Å². The summed E-state index contributed by atoms with van der Waals surface area (Å²) in [4.78, 5) is 0. The second-order valence-electron chi connectivity index (χ2n) is 4.35. The maximum absolute atomic E-state index is 11.6. The van der Waals surface area contributed by atoms with Crippen LogP contribution in [0.1, 0.15) is 10.8 Å². The van der Waals surface area contributed by atoms with E-state index in [1.807, 2.05) is 36.4 Å². The van der Waals surface area contributed by atoms with Crippen molar-refractivity contribution in [3.63, 3.8) is 0 Å². The molecule has 0 saturated heterocycles. The largest absolute Gasteiger partial charge is 0.468 e. The molecule has 102 valence electrons. The molecule has 0 amide bonds. The quantitative estimate of drug-likeness (QED) is 0.647. The van der Waals surface area contributed by atoms with Crippen LogP contribution in [-0.4, -0.2) is 33.2 Å². The van der Waals surface area contributed by atoms with Crippen LogP contribution in [0.25, 0.3) is 10.8 Å². The fourth-order valence-electron chi connectivity index (χ4n) is 2.22. The monoisotopic (exact) mass is 312 g/mol. The highest BCUT2D eigenvalue weighted by Gasteiger charge is 2.26. The van der Waals surface area contributed by atoms with Crippen LogP contribution in [0.2, 0.25) is 6.04 Å². The molecule has 0 saturated carbocycles. The summed E-state index contributed by atoms with van der Waals surface area (Å²) in [5, 5.41) is 0.969. The second kappa shape index (κ2) is 5.97. The van der Waals surface area contributed by atoms with Crippen molar-refractivity contribution in [2.45, 2.75) is 11.3 Å². The summed E-state index contributed by atoms with van der Waals surface area (Å²) in [6, 6.07) is 13.5. The van der Waals surface area contributed by atoms with E-state index in [-0.39, 0.29) is 0 Å². The minimum Gasteiger partial charge on any atom is -0.468 e. The van der Waals surface area contributed by atoms with Gasteiger partial charge in [0.25, 0.3) is 10.1 Å². The zero-order chi connectivity index (χ0) is 13.9. The summed E-state index contributed by atoms with van der Waals surface area (Å²) < 4.78 is 37.9. The summed E-state index contributed by atoms with van der Waals surface area (Å²) in [5.74, 6) is 0. The van der Waals surface area contributed by atoms with Crippen LogP contribution in [0.5, 0.6) is 0 Å². The molecule has 0 fully saturated rings. The van der Waals surface area contributed by atoms with E-state index in [0.29, 0.717) is 22.1 Å². The van der Waals surface area contributed by atoms with Crippen molar-refractivity contribution in [3.8, 4) is 0 Å². The number of benzene rings is 2. The van der Waals surface area contributed by atoms with Crippen molar-refractivity contribution in [3.05, 3.63) is 48.0 Å². The van der Waals surface area contributed by atoms with E-state index in [4.69, 9.17) is 4.12 Å². The van der Waals surface area contributed by atoms with E-state index >= 15 is 0 Å². The average Bonchev–Trinajstić information content (AvgIpc) is 2.38. The standard InChI is InChI=1S/C12H16O4SSi2/c13-17(14,15)12(8-19-16-18)11-7-3-5-9-4-1-2-6-10(9)11/h1-7,12H,8,19H2,18H3,(H,13,14,15). The summed E-state index contributed by atoms with van der Waals surface area (Å²) >= 11 is 0. The van der Waals surface area contributed by atoms with E-state index in [9.17, 15) is 13.0 Å². The SMILES string of the molecule is O=S(=O)(O)C(C[SiH2]O[SiH3])c1cccc2ccccc12. The summed E-state index contributed by atoms with van der Waals surface area (Å²) in [5.41, 5.74) is 0.659. The van der Waals surface area contributed by atoms with Gasteiger partial charge in [0.2, 0.25) is 0 Å². The molecule has 1 N–H and O–H groups in total. The van der Waals surface area contributed by atoms with Crippen LogP contribution in [-0.2, 0) is 14.2 Å². The first-order chi connectivity index (χ1) is 9.04. The van der Waals surface area contributed by atoms with Crippen molar-refractivity contribution in [2.24, 2.45) is 0 Å². The third kappa shape index (κ3) is 3.31. The lowest BCUT2D eigenvalue weighted by atomic mass is 10.0. The molecule has 0 heterocycles. The Morgan fingerprint density at radius 3 is 2.58 bits per heavy atom. The van der Waals surface area contributed by atoms with Gasteiger partial charge < -0.3 is 4.12 Å². The highest BCUT2D eigenvalue weighted by atomic mass is 32.2. The Hall–Kier alpha value is -0.996. The average molecular weight is 312 g/mol. The molecule has 0 aliphatic rings. The predicted molar refractivity (Wildman–Crippen MR) is 82.6 cm³/mol. The van der Waals surface area contributed by atoms with Gasteiger partial charge in [0.15, 0.2) is 0 Å². The lowest BCUT2D eigenvalue weighted by Crippen LogP contribution is -2.15. The normalized spacial score (nSPS) is 14.4. The number of rotatable bonds is 5. The summed E-state index contributed by atoms with van der Waals surface area (Å²) in [6.45, 7) is 0. The van der Waals surface area contributed by atoms with Crippen LogP contribution >= 0.6 is 0 Å². The summed E-state index contributed by atoms with van der Waals surface area (Å²) in [7, 11) is -4.39. The van der Waals surface area contributed by atoms with Crippen LogP contribution in [0, 0.1) is 0 Å². The Labute approximate surface area is 118 Å². The number of fused-ring (bicyclic) bond motifs is 1. The van der Waals surface area contributed by atoms with Gasteiger partial charge in [-0.1, -0.05) is 42.5 Å². The van der Waals surface area contributed by atoms with Gasteiger partial charge in [-0.3, -0.25) is 4.55 Å². The molecule has 0 bridgehead atoms. The lowest BCUT2D eigenvalue weighted by Gasteiger charge is -2.16. The Balaban J connectivity index is 2.56. The molecule has 1 unspecified atom stereocenters. The van der Waals surface area contributed by atoms with E-state index in [1.165, 1.54) is 0 Å². The molecule has 0 aliphatic carbocycles. The minimum absolute atomic E-state index is 0.399. The van der Waals surface area contributed by atoms with Gasteiger partial charge in [-0.25, -0.2) is 0 Å². The first-order valence-corrected chi connectivity index (χ1v) is 9.86. The Bertz CT molecular complexity index is 667. The summed E-state index contributed by atoms with van der Waals surface area (Å²) in [6.07, 6.45) is 0. The zero-order valence-electron chi connectivity index (χ0n) is 10.6. The molecule has 0 aromatic heterocycles. The van der Waals surface area contributed by atoms with Crippen LogP contribution in [0.3, 0.4) is 0 Å². The predicted octanol–water partition coefficient (Wildman–Crippen LogP) is 0.568. The molecule has 1 atom stereocenters. The van der Waals surface area contributed by atoms with Gasteiger partial charge in [0.1, 0.15) is 25.5 Å². The first-order valence-electron chi connectivity index (χ1n) is 5.97. The molecule has 2 aromatic carbocycles. The van der Waals surface area contributed by atoms with Crippen LogP contribution in [0.15, 0.2) is 42.5 Å². The second-order valence-corrected chi connectivity index (χ2v) is 9.25. The van der Waals surface area contributed by atoms with Crippen LogP contribution in [0.4, 0.5) is 0 Å². The first kappa shape index (κ1) is 14.4. The zero-order valence-corrected chi connectivity index (χ0v) is 14.8. The maximum atomic E-state index is 11.6. The molecule has 19 heavy (non-hydrogen) atoms. The highest BCUT2D eigenvalue weighted by molar-refractivity contribution is 7.86. The fourth-order valence-corrected chi connectivity index (χ4v) is 5.70. The van der Waals surface area contributed by atoms with Crippen LogP contribution < -0.4 is 0 Å². The van der Waals surface area contributed by atoms with Gasteiger partial charge in [0.05, 0.1) is 0 Å². The molecule has 0 spiro atoms. The Morgan fingerprint density at radius 2 is 1.89 bits per heavy atom. The fraction of sp³-hybridized carbons (Fsp3) is 0.167. The van der Waals surface area contributed by atoms with E-state index in [0.717, 1.165) is 10.8 Å². The highest BCUT2D eigenvalue weighted by Crippen LogP contribution is 2.31. The van der Waals surface area contributed by atoms with Gasteiger partial charge in [0, 0.05) is 0 Å². The molecular formula is C12H16O4SSi2. The van der Waals surface area contributed by atoms with Crippen molar-refractivity contribution >= 4 is 41.1 Å². The Morgan fingerprint density at radius 1 is 1.21 bits per heavy atom. The van der Waals surface area contributed by atoms with Gasteiger partial charge >= 0.3 is 0 Å². The number of hydrogen-bond acceptors (Lipinski definition) is 3. The molecular weight excluding hydrogens is 296 g/mol. The van der Waals surface area contributed by atoms with Gasteiger partial charge in [-0.05, 0) is 22.4 Å². The van der Waals surface area contributed by atoms with E-state index in [2.05, 4.69) is 0 Å². The van der Waals surface area contributed by atoms with Crippen molar-refractivity contribution in [1.29, 1.82) is 0 Å².